The molecule has 4 heterocycles. The normalized spacial score (nSPS) is 23.3. The topological polar surface area (TPSA) is 68.7 Å². The molecule has 0 saturated heterocycles. The number of hydrogen-bond acceptors (Lipinski definition) is 6. The number of thiophene rings is 1. The van der Waals surface area contributed by atoms with E-state index in [0.717, 1.165) is 34.8 Å². The maximum Gasteiger partial charge on any atom is 0.174 e. The van der Waals surface area contributed by atoms with Crippen LogP contribution in [0.25, 0.3) is 11.3 Å². The molecule has 2 N–H and O–H groups in total. The lowest BCUT2D eigenvalue weighted by atomic mass is 10.0. The maximum absolute atomic E-state index is 6.29. The summed E-state index contributed by atoms with van der Waals surface area (Å²) in [4.78, 5) is 6.93. The molecule has 124 valence electrons. The molecule has 2 aliphatic heterocycles. The minimum atomic E-state index is -0.312. The molecule has 0 bridgehead atoms. The van der Waals surface area contributed by atoms with Crippen LogP contribution in [0.3, 0.4) is 0 Å². The Labute approximate surface area is 144 Å². The van der Waals surface area contributed by atoms with Crippen LogP contribution in [0.15, 0.2) is 34.1 Å². The van der Waals surface area contributed by atoms with E-state index < -0.39 is 0 Å². The van der Waals surface area contributed by atoms with Crippen LogP contribution in [0.4, 0.5) is 0 Å². The molecule has 2 aromatic heterocycles. The Morgan fingerprint density at radius 2 is 2.25 bits per heavy atom. The summed E-state index contributed by atoms with van der Waals surface area (Å²) in [5.41, 5.74) is 11.5. The highest BCUT2D eigenvalue weighted by Crippen LogP contribution is 2.33. The summed E-state index contributed by atoms with van der Waals surface area (Å²) in [5.74, 6) is 0. The molecule has 24 heavy (non-hydrogen) atoms. The van der Waals surface area contributed by atoms with E-state index in [1.165, 1.54) is 12.8 Å². The number of nitrogens with zero attached hydrogens (tertiary/aromatic N) is 4. The fourth-order valence-electron chi connectivity index (χ4n) is 3.37. The highest BCUT2D eigenvalue weighted by atomic mass is 32.1. The lowest BCUT2D eigenvalue weighted by Gasteiger charge is -2.28. The zero-order valence-corrected chi connectivity index (χ0v) is 14.1. The highest BCUT2D eigenvalue weighted by Gasteiger charge is 2.33. The van der Waals surface area contributed by atoms with Gasteiger partial charge in [0.05, 0.1) is 36.7 Å². The molecule has 1 aliphatic carbocycles. The first kappa shape index (κ1) is 14.4. The van der Waals surface area contributed by atoms with Crippen LogP contribution in [0.1, 0.15) is 24.1 Å². The second-order valence-corrected chi connectivity index (χ2v) is 7.16. The number of fused-ring (bicyclic) bond motifs is 1. The van der Waals surface area contributed by atoms with Crippen molar-refractivity contribution in [3.63, 3.8) is 0 Å². The Kier molecular flexibility index (Phi) is 3.32. The number of aliphatic imine (C=N–C) groups is 1. The molecule has 0 spiro atoms. The Morgan fingerprint density at radius 3 is 3.00 bits per heavy atom. The zero-order chi connectivity index (χ0) is 16.1. The van der Waals surface area contributed by atoms with Crippen LogP contribution in [0.2, 0.25) is 0 Å². The summed E-state index contributed by atoms with van der Waals surface area (Å²) >= 11 is 1.68. The number of rotatable bonds is 3. The van der Waals surface area contributed by atoms with Gasteiger partial charge in [-0.2, -0.15) is 16.4 Å². The number of ether oxygens (including phenoxy) is 1. The van der Waals surface area contributed by atoms with Crippen molar-refractivity contribution < 1.29 is 4.74 Å². The number of allylic oxidation sites excluding steroid dienone is 1. The molecule has 1 fully saturated rings. The predicted molar refractivity (Wildman–Crippen MR) is 93.7 cm³/mol. The number of hydrogen-bond donors (Lipinski definition) is 1. The van der Waals surface area contributed by atoms with Gasteiger partial charge in [-0.3, -0.25) is 10.4 Å². The number of nitrogens with two attached hydrogens (primary N) is 1. The molecule has 2 aromatic rings. The van der Waals surface area contributed by atoms with Crippen LogP contribution in [-0.2, 0) is 17.9 Å². The van der Waals surface area contributed by atoms with E-state index in [4.69, 9.17) is 20.6 Å². The summed E-state index contributed by atoms with van der Waals surface area (Å²) < 4.78 is 7.73. The van der Waals surface area contributed by atoms with Gasteiger partial charge in [-0.15, -0.1) is 0 Å². The maximum atomic E-state index is 6.29. The highest BCUT2D eigenvalue weighted by molar-refractivity contribution is 7.08. The summed E-state index contributed by atoms with van der Waals surface area (Å²) in [6.07, 6.45) is 6.27. The van der Waals surface area contributed by atoms with E-state index in [0.29, 0.717) is 19.3 Å². The first-order valence-electron chi connectivity index (χ1n) is 8.30. The molecule has 7 heteroatoms. The van der Waals surface area contributed by atoms with Gasteiger partial charge in [0, 0.05) is 23.2 Å². The van der Waals surface area contributed by atoms with Crippen molar-refractivity contribution in [1.29, 1.82) is 0 Å². The summed E-state index contributed by atoms with van der Waals surface area (Å²) in [6, 6.07) is 2.66. The lowest BCUT2D eigenvalue weighted by molar-refractivity contribution is 0.0799. The Balaban J connectivity index is 1.61. The smallest absolute Gasteiger partial charge is 0.174 e. The monoisotopic (exact) mass is 341 g/mol. The van der Waals surface area contributed by atoms with E-state index in [-0.39, 0.29) is 6.29 Å². The third kappa shape index (κ3) is 2.31. The SMILES string of the molecule is NC1N=C(c2c(-c3ccsc3)nn3c2COCC3)C=CN1C1CC1. The van der Waals surface area contributed by atoms with Gasteiger partial charge in [0.2, 0.25) is 0 Å². The van der Waals surface area contributed by atoms with Gasteiger partial charge in [-0.1, -0.05) is 0 Å². The Hall–Kier alpha value is -1.96. The molecule has 3 aliphatic rings. The van der Waals surface area contributed by atoms with E-state index in [9.17, 15) is 0 Å². The molecule has 1 unspecified atom stereocenters. The van der Waals surface area contributed by atoms with Crippen molar-refractivity contribution in [1.82, 2.24) is 14.7 Å². The lowest BCUT2D eigenvalue weighted by Crippen LogP contribution is -2.41. The number of aromatic nitrogens is 2. The third-order valence-corrected chi connectivity index (χ3v) is 5.43. The van der Waals surface area contributed by atoms with E-state index in [2.05, 4.69) is 38.7 Å². The quantitative estimate of drug-likeness (QED) is 0.929. The van der Waals surface area contributed by atoms with Gasteiger partial charge in [0.25, 0.3) is 0 Å². The molecule has 1 saturated carbocycles. The molecule has 0 radical (unpaired) electrons. The van der Waals surface area contributed by atoms with Crippen molar-refractivity contribution in [2.75, 3.05) is 6.61 Å². The molecule has 0 amide bonds. The van der Waals surface area contributed by atoms with Crippen LogP contribution in [0.5, 0.6) is 0 Å². The van der Waals surface area contributed by atoms with Gasteiger partial charge >= 0.3 is 0 Å². The second kappa shape index (κ2) is 5.54. The standard InChI is InChI=1S/C17H19N5OS/c18-17-19-13(3-5-21(17)12-1-2-12)15-14-9-23-7-6-22(14)20-16(15)11-4-8-24-10-11/h3-5,8,10,12,17H,1-2,6-7,9,18H2. The van der Waals surface area contributed by atoms with Crippen molar-refractivity contribution in [3.05, 3.63) is 40.4 Å². The molecular weight excluding hydrogens is 322 g/mol. The Bertz CT molecular complexity index is 818. The molecule has 6 nitrogen and oxygen atoms in total. The fraction of sp³-hybridized carbons (Fsp3) is 0.412. The fourth-order valence-corrected chi connectivity index (χ4v) is 4.01. The minimum Gasteiger partial charge on any atom is -0.373 e. The van der Waals surface area contributed by atoms with E-state index in [1.54, 1.807) is 11.3 Å². The van der Waals surface area contributed by atoms with Gasteiger partial charge in [0.15, 0.2) is 6.29 Å². The van der Waals surface area contributed by atoms with Gasteiger partial charge in [-0.05, 0) is 30.4 Å². The average molecular weight is 341 g/mol. The molecular formula is C17H19N5OS. The van der Waals surface area contributed by atoms with Gasteiger partial charge < -0.3 is 9.64 Å². The minimum absolute atomic E-state index is 0.312. The van der Waals surface area contributed by atoms with Crippen LogP contribution < -0.4 is 5.73 Å². The summed E-state index contributed by atoms with van der Waals surface area (Å²) in [7, 11) is 0. The molecule has 5 rings (SSSR count). The van der Waals surface area contributed by atoms with E-state index in [1.807, 2.05) is 0 Å². The van der Waals surface area contributed by atoms with Crippen molar-refractivity contribution >= 4 is 17.0 Å². The van der Waals surface area contributed by atoms with Crippen molar-refractivity contribution in [2.45, 2.75) is 38.3 Å². The predicted octanol–water partition coefficient (Wildman–Crippen LogP) is 2.16. The molecule has 1 atom stereocenters. The first-order valence-corrected chi connectivity index (χ1v) is 9.25. The first-order chi connectivity index (χ1) is 11.8. The van der Waals surface area contributed by atoms with Crippen LogP contribution in [-0.4, -0.2) is 39.3 Å². The van der Waals surface area contributed by atoms with Gasteiger partial charge in [0.1, 0.15) is 5.69 Å². The molecule has 0 aromatic carbocycles. The van der Waals surface area contributed by atoms with E-state index >= 15 is 0 Å². The van der Waals surface area contributed by atoms with Crippen molar-refractivity contribution in [3.8, 4) is 11.3 Å². The average Bonchev–Trinajstić information content (AvgIpc) is 3.15. The summed E-state index contributed by atoms with van der Waals surface area (Å²) in [5, 5.41) is 9.04. The largest absolute Gasteiger partial charge is 0.373 e. The Morgan fingerprint density at radius 1 is 1.33 bits per heavy atom. The second-order valence-electron chi connectivity index (χ2n) is 6.38. The van der Waals surface area contributed by atoms with Crippen LogP contribution >= 0.6 is 11.3 Å². The third-order valence-electron chi connectivity index (χ3n) is 4.74. The van der Waals surface area contributed by atoms with Crippen molar-refractivity contribution in [2.24, 2.45) is 10.7 Å². The van der Waals surface area contributed by atoms with Crippen LogP contribution in [0, 0.1) is 0 Å². The zero-order valence-electron chi connectivity index (χ0n) is 13.3. The summed E-state index contributed by atoms with van der Waals surface area (Å²) in [6.45, 7) is 2.05. The van der Waals surface area contributed by atoms with Gasteiger partial charge in [-0.25, -0.2) is 4.99 Å².